The monoisotopic (exact) mass is 252 g/mol. The molecule has 1 unspecified atom stereocenters. The minimum Gasteiger partial charge on any atom is -0.365 e. The number of nitrogens with one attached hydrogen (secondary N) is 1. The molecule has 2 heterocycles. The van der Waals surface area contributed by atoms with Gasteiger partial charge in [0, 0.05) is 30.0 Å². The lowest BCUT2D eigenvalue weighted by Gasteiger charge is -2.16. The maximum atomic E-state index is 4.44. The Balaban J connectivity index is 1.81. The smallest absolute Gasteiger partial charge is 0.134 e. The summed E-state index contributed by atoms with van der Waals surface area (Å²) < 4.78 is 1.92. The van der Waals surface area contributed by atoms with Crippen molar-refractivity contribution in [3.8, 4) is 0 Å². The van der Waals surface area contributed by atoms with E-state index in [1.807, 2.05) is 41.3 Å². The molecular formula is C15H16N4. The molecular weight excluding hydrogens is 236 g/mol. The van der Waals surface area contributed by atoms with Crippen LogP contribution < -0.4 is 5.32 Å². The van der Waals surface area contributed by atoms with Crippen LogP contribution in [-0.2, 0) is 6.54 Å². The summed E-state index contributed by atoms with van der Waals surface area (Å²) in [6, 6.07) is 12.5. The van der Waals surface area contributed by atoms with E-state index < -0.39 is 0 Å². The fraction of sp³-hybridized carbons (Fsp3) is 0.200. The molecule has 1 N–H and O–H groups in total. The van der Waals surface area contributed by atoms with Crippen molar-refractivity contribution in [3.05, 3.63) is 55.0 Å². The van der Waals surface area contributed by atoms with Crippen molar-refractivity contribution in [2.24, 2.45) is 0 Å². The van der Waals surface area contributed by atoms with Gasteiger partial charge in [-0.3, -0.25) is 4.68 Å². The van der Waals surface area contributed by atoms with Gasteiger partial charge in [-0.1, -0.05) is 24.3 Å². The zero-order valence-electron chi connectivity index (χ0n) is 10.8. The molecule has 3 rings (SSSR count). The van der Waals surface area contributed by atoms with Crippen LogP contribution in [0.4, 0.5) is 5.82 Å². The van der Waals surface area contributed by atoms with Gasteiger partial charge in [0.05, 0.1) is 6.54 Å². The van der Waals surface area contributed by atoms with Gasteiger partial charge < -0.3 is 5.32 Å². The highest BCUT2D eigenvalue weighted by Gasteiger charge is 2.07. The molecule has 0 spiro atoms. The predicted molar refractivity (Wildman–Crippen MR) is 77.1 cm³/mol. The van der Waals surface area contributed by atoms with Crippen LogP contribution >= 0.6 is 0 Å². The summed E-state index contributed by atoms with van der Waals surface area (Å²) in [6.07, 6.45) is 5.60. The summed E-state index contributed by atoms with van der Waals surface area (Å²) in [5, 5.41) is 10.0. The molecule has 1 atom stereocenters. The fourth-order valence-electron chi connectivity index (χ4n) is 2.20. The van der Waals surface area contributed by atoms with Crippen LogP contribution in [-0.4, -0.2) is 20.8 Å². The average Bonchev–Trinajstić information content (AvgIpc) is 2.92. The molecule has 2 aromatic heterocycles. The lowest BCUT2D eigenvalue weighted by Crippen LogP contribution is -2.22. The molecule has 0 saturated heterocycles. The molecule has 0 saturated carbocycles. The van der Waals surface area contributed by atoms with Crippen molar-refractivity contribution in [2.75, 3.05) is 5.32 Å². The second-order valence-electron chi connectivity index (χ2n) is 4.65. The topological polar surface area (TPSA) is 42.7 Å². The van der Waals surface area contributed by atoms with Crippen LogP contribution in [0, 0.1) is 0 Å². The Kier molecular flexibility index (Phi) is 3.14. The Morgan fingerprint density at radius 1 is 1.16 bits per heavy atom. The Labute approximate surface area is 112 Å². The number of hydrogen-bond donors (Lipinski definition) is 1. The summed E-state index contributed by atoms with van der Waals surface area (Å²) in [7, 11) is 0. The molecule has 96 valence electrons. The molecule has 0 aliphatic heterocycles. The zero-order chi connectivity index (χ0) is 13.1. The van der Waals surface area contributed by atoms with Crippen LogP contribution in [0.5, 0.6) is 0 Å². The van der Waals surface area contributed by atoms with E-state index in [-0.39, 0.29) is 6.04 Å². The number of rotatable bonds is 4. The molecule has 0 aliphatic rings. The van der Waals surface area contributed by atoms with E-state index >= 15 is 0 Å². The van der Waals surface area contributed by atoms with Gasteiger partial charge in [0.2, 0.25) is 0 Å². The summed E-state index contributed by atoms with van der Waals surface area (Å²) in [5.41, 5.74) is 0. The number of pyridine rings is 1. The van der Waals surface area contributed by atoms with Crippen molar-refractivity contribution in [1.82, 2.24) is 14.8 Å². The molecule has 1 aromatic carbocycles. The highest BCUT2D eigenvalue weighted by Crippen LogP contribution is 2.21. The minimum atomic E-state index is 0.262. The number of aromatic nitrogens is 3. The fourth-order valence-corrected chi connectivity index (χ4v) is 2.20. The van der Waals surface area contributed by atoms with E-state index in [4.69, 9.17) is 0 Å². The Morgan fingerprint density at radius 3 is 2.89 bits per heavy atom. The van der Waals surface area contributed by atoms with Gasteiger partial charge in [-0.2, -0.15) is 5.10 Å². The van der Waals surface area contributed by atoms with E-state index in [9.17, 15) is 0 Å². The molecule has 19 heavy (non-hydrogen) atoms. The van der Waals surface area contributed by atoms with Gasteiger partial charge in [-0.25, -0.2) is 4.98 Å². The van der Waals surface area contributed by atoms with Crippen molar-refractivity contribution in [1.29, 1.82) is 0 Å². The molecule has 0 fully saturated rings. The van der Waals surface area contributed by atoms with Crippen LogP contribution in [0.25, 0.3) is 10.8 Å². The van der Waals surface area contributed by atoms with Crippen molar-refractivity contribution < 1.29 is 0 Å². The Bertz CT molecular complexity index is 655. The number of nitrogens with zero attached hydrogens (tertiary/aromatic N) is 3. The molecule has 4 nitrogen and oxygen atoms in total. The van der Waals surface area contributed by atoms with E-state index in [2.05, 4.69) is 34.5 Å². The van der Waals surface area contributed by atoms with Crippen molar-refractivity contribution in [2.45, 2.75) is 19.5 Å². The van der Waals surface area contributed by atoms with Crippen LogP contribution in [0.3, 0.4) is 0 Å². The van der Waals surface area contributed by atoms with Gasteiger partial charge >= 0.3 is 0 Å². The van der Waals surface area contributed by atoms with Gasteiger partial charge in [0.1, 0.15) is 5.82 Å². The summed E-state index contributed by atoms with van der Waals surface area (Å²) in [4.78, 5) is 4.44. The zero-order valence-corrected chi connectivity index (χ0v) is 10.8. The van der Waals surface area contributed by atoms with Crippen LogP contribution in [0.1, 0.15) is 6.92 Å². The van der Waals surface area contributed by atoms with E-state index in [1.54, 1.807) is 6.20 Å². The third kappa shape index (κ3) is 2.57. The first-order valence-electron chi connectivity index (χ1n) is 6.40. The van der Waals surface area contributed by atoms with Gasteiger partial charge in [0.25, 0.3) is 0 Å². The van der Waals surface area contributed by atoms with Crippen molar-refractivity contribution in [3.63, 3.8) is 0 Å². The van der Waals surface area contributed by atoms with Crippen molar-refractivity contribution >= 4 is 16.6 Å². The van der Waals surface area contributed by atoms with Crippen LogP contribution in [0.2, 0.25) is 0 Å². The molecule has 4 heteroatoms. The lowest BCUT2D eigenvalue weighted by atomic mass is 10.1. The van der Waals surface area contributed by atoms with E-state index in [0.29, 0.717) is 0 Å². The molecule has 0 radical (unpaired) electrons. The number of fused-ring (bicyclic) bond motifs is 1. The first-order chi connectivity index (χ1) is 9.33. The van der Waals surface area contributed by atoms with Crippen LogP contribution in [0.15, 0.2) is 55.0 Å². The van der Waals surface area contributed by atoms with Gasteiger partial charge in [0.15, 0.2) is 0 Å². The number of hydrogen-bond acceptors (Lipinski definition) is 3. The maximum absolute atomic E-state index is 4.44. The van der Waals surface area contributed by atoms with E-state index in [0.717, 1.165) is 17.7 Å². The molecule has 0 amide bonds. The Hall–Kier alpha value is -2.36. The minimum absolute atomic E-state index is 0.262. The first-order valence-corrected chi connectivity index (χ1v) is 6.40. The van der Waals surface area contributed by atoms with E-state index in [1.165, 1.54) is 5.39 Å². The number of anilines is 1. The Morgan fingerprint density at radius 2 is 2.05 bits per heavy atom. The summed E-state index contributed by atoms with van der Waals surface area (Å²) in [5.74, 6) is 0.928. The van der Waals surface area contributed by atoms with Gasteiger partial charge in [-0.05, 0) is 24.4 Å². The molecule has 0 bridgehead atoms. The normalized spacial score (nSPS) is 12.5. The second kappa shape index (κ2) is 5.10. The van der Waals surface area contributed by atoms with Gasteiger partial charge in [-0.15, -0.1) is 0 Å². The summed E-state index contributed by atoms with van der Waals surface area (Å²) >= 11 is 0. The highest BCUT2D eigenvalue weighted by molar-refractivity contribution is 5.91. The highest BCUT2D eigenvalue weighted by atomic mass is 15.3. The SMILES string of the molecule is CC(Cn1cccn1)Nc1nccc2ccccc12. The second-order valence-corrected chi connectivity index (χ2v) is 4.65. The summed E-state index contributed by atoms with van der Waals surface area (Å²) in [6.45, 7) is 2.95. The first kappa shape index (κ1) is 11.7. The maximum Gasteiger partial charge on any atom is 0.134 e. The third-order valence-electron chi connectivity index (χ3n) is 3.08. The standard InChI is InChI=1S/C15H16N4/c1-12(11-19-10-4-8-17-19)18-15-14-6-3-2-5-13(14)7-9-16-15/h2-10,12H,11H2,1H3,(H,16,18). The third-order valence-corrected chi connectivity index (χ3v) is 3.08. The molecule has 0 aliphatic carbocycles. The predicted octanol–water partition coefficient (Wildman–Crippen LogP) is 2.93. The largest absolute Gasteiger partial charge is 0.365 e. The average molecular weight is 252 g/mol. The number of benzene rings is 1. The quantitative estimate of drug-likeness (QED) is 0.776. The lowest BCUT2D eigenvalue weighted by molar-refractivity contribution is 0.560. The molecule has 3 aromatic rings.